The lowest BCUT2D eigenvalue weighted by Gasteiger charge is -2.31. The second kappa shape index (κ2) is 5.14. The maximum atomic E-state index is 12.1. The Morgan fingerprint density at radius 3 is 2.65 bits per heavy atom. The van der Waals surface area contributed by atoms with E-state index in [0.29, 0.717) is 11.4 Å². The first-order valence-corrected chi connectivity index (χ1v) is 7.53. The van der Waals surface area contributed by atoms with Crippen molar-refractivity contribution in [2.45, 2.75) is 18.8 Å². The van der Waals surface area contributed by atoms with Gasteiger partial charge in [0.15, 0.2) is 11.3 Å². The second-order valence-electron chi connectivity index (χ2n) is 5.83. The molecule has 1 N–H and O–H groups in total. The van der Waals surface area contributed by atoms with Gasteiger partial charge in [0.25, 0.3) is 5.56 Å². The van der Waals surface area contributed by atoms with Crippen LogP contribution in [0.5, 0.6) is 0 Å². The summed E-state index contributed by atoms with van der Waals surface area (Å²) in [5.74, 6) is 1.92. The number of pyridine rings is 1. The molecular weight excluding hydrogens is 298 g/mol. The Balaban J connectivity index is 1.56. The van der Waals surface area contributed by atoms with Gasteiger partial charge in [-0.1, -0.05) is 5.21 Å². The molecular formula is C13H17N9O. The van der Waals surface area contributed by atoms with Crippen molar-refractivity contribution >= 4 is 16.9 Å². The standard InChI is InChI=1S/C13H17N9O/c1-20-9-7-10(14-13(23)11(9)15-18-20)22-5-3-8(4-6-22)12-16-19-21(2)17-12/h7-8H,3-6H2,1-2H3,(H,14,23). The monoisotopic (exact) mass is 315 g/mol. The Morgan fingerprint density at radius 2 is 1.96 bits per heavy atom. The van der Waals surface area contributed by atoms with Crippen LogP contribution >= 0.6 is 0 Å². The smallest absolute Gasteiger partial charge is 0.279 e. The molecule has 1 aliphatic rings. The van der Waals surface area contributed by atoms with Gasteiger partial charge in [-0.05, 0) is 18.1 Å². The molecule has 0 unspecified atom stereocenters. The van der Waals surface area contributed by atoms with E-state index in [-0.39, 0.29) is 5.56 Å². The SMILES string of the molecule is Cn1nnc(C2CCN(c3cc4c(nnn4C)c(=O)[nH]3)CC2)n1. The molecule has 1 saturated heterocycles. The van der Waals surface area contributed by atoms with E-state index >= 15 is 0 Å². The molecule has 0 amide bonds. The highest BCUT2D eigenvalue weighted by molar-refractivity contribution is 5.76. The first kappa shape index (κ1) is 13.9. The number of aromatic amines is 1. The van der Waals surface area contributed by atoms with Crippen molar-refractivity contribution < 1.29 is 0 Å². The molecule has 1 aliphatic heterocycles. The maximum Gasteiger partial charge on any atom is 0.279 e. The molecule has 1 fully saturated rings. The molecule has 10 nitrogen and oxygen atoms in total. The molecule has 0 spiro atoms. The minimum absolute atomic E-state index is 0.205. The van der Waals surface area contributed by atoms with Crippen LogP contribution in [-0.2, 0) is 14.1 Å². The summed E-state index contributed by atoms with van der Waals surface area (Å²) in [5.41, 5.74) is 0.902. The summed E-state index contributed by atoms with van der Waals surface area (Å²) in [4.78, 5) is 18.7. The third-order valence-corrected chi connectivity index (χ3v) is 4.32. The number of rotatable bonds is 2. The Kier molecular flexibility index (Phi) is 3.10. The highest BCUT2D eigenvalue weighted by Crippen LogP contribution is 2.27. The molecule has 10 heteroatoms. The fourth-order valence-electron chi connectivity index (χ4n) is 3.04. The van der Waals surface area contributed by atoms with Crippen molar-refractivity contribution in [3.8, 4) is 0 Å². The lowest BCUT2D eigenvalue weighted by atomic mass is 9.96. The molecule has 4 heterocycles. The van der Waals surface area contributed by atoms with Gasteiger partial charge in [0.1, 0.15) is 5.82 Å². The van der Waals surface area contributed by atoms with Crippen LogP contribution in [0.1, 0.15) is 24.6 Å². The zero-order chi connectivity index (χ0) is 16.0. The van der Waals surface area contributed by atoms with Crippen LogP contribution in [0.25, 0.3) is 11.0 Å². The lowest BCUT2D eigenvalue weighted by molar-refractivity contribution is 0.481. The van der Waals surface area contributed by atoms with Crippen LogP contribution in [0.4, 0.5) is 5.82 Å². The predicted octanol–water partition coefficient (Wildman–Crippen LogP) is -0.436. The summed E-state index contributed by atoms with van der Waals surface area (Å²) in [6.45, 7) is 1.66. The van der Waals surface area contributed by atoms with Crippen LogP contribution in [0, 0.1) is 0 Å². The number of anilines is 1. The minimum Gasteiger partial charge on any atom is -0.358 e. The molecule has 23 heavy (non-hydrogen) atoms. The predicted molar refractivity (Wildman–Crippen MR) is 82.1 cm³/mol. The highest BCUT2D eigenvalue weighted by Gasteiger charge is 2.25. The first-order valence-electron chi connectivity index (χ1n) is 7.53. The molecule has 0 bridgehead atoms. The first-order chi connectivity index (χ1) is 11.1. The number of piperidine rings is 1. The summed E-state index contributed by atoms with van der Waals surface area (Å²) >= 11 is 0. The zero-order valence-electron chi connectivity index (χ0n) is 13.0. The Labute approximate surface area is 131 Å². The van der Waals surface area contributed by atoms with Gasteiger partial charge >= 0.3 is 0 Å². The van der Waals surface area contributed by atoms with Crippen molar-refractivity contribution in [2.75, 3.05) is 18.0 Å². The van der Waals surface area contributed by atoms with E-state index in [1.807, 2.05) is 6.07 Å². The van der Waals surface area contributed by atoms with E-state index in [2.05, 4.69) is 35.6 Å². The normalized spacial score (nSPS) is 16.3. The van der Waals surface area contributed by atoms with E-state index < -0.39 is 0 Å². The number of nitrogens with one attached hydrogen (secondary N) is 1. The quantitative estimate of drug-likeness (QED) is 0.682. The van der Waals surface area contributed by atoms with Gasteiger partial charge in [0, 0.05) is 32.1 Å². The number of H-pyrrole nitrogens is 1. The van der Waals surface area contributed by atoms with E-state index in [1.165, 1.54) is 4.80 Å². The second-order valence-corrected chi connectivity index (χ2v) is 5.83. The van der Waals surface area contributed by atoms with Crippen molar-refractivity contribution in [1.82, 2.24) is 40.2 Å². The molecule has 120 valence electrons. The van der Waals surface area contributed by atoms with Gasteiger partial charge in [0.2, 0.25) is 0 Å². The number of hydrogen-bond donors (Lipinski definition) is 1. The van der Waals surface area contributed by atoms with Crippen LogP contribution < -0.4 is 10.5 Å². The average molecular weight is 315 g/mol. The Hall–Kier alpha value is -2.78. The van der Waals surface area contributed by atoms with Gasteiger partial charge in [-0.3, -0.25) is 4.79 Å². The summed E-state index contributed by atoms with van der Waals surface area (Å²) < 4.78 is 1.62. The summed E-state index contributed by atoms with van der Waals surface area (Å²) in [6, 6.07) is 1.93. The largest absolute Gasteiger partial charge is 0.358 e. The number of hydrogen-bond acceptors (Lipinski definition) is 7. The fourth-order valence-corrected chi connectivity index (χ4v) is 3.04. The summed E-state index contributed by atoms with van der Waals surface area (Å²) in [6.07, 6.45) is 1.85. The number of aryl methyl sites for hydroxylation is 2. The van der Waals surface area contributed by atoms with Gasteiger partial charge < -0.3 is 9.88 Å². The Morgan fingerprint density at radius 1 is 1.17 bits per heavy atom. The van der Waals surface area contributed by atoms with Gasteiger partial charge in [-0.25, -0.2) is 4.68 Å². The molecule has 0 atom stereocenters. The average Bonchev–Trinajstić information content (AvgIpc) is 3.15. The number of nitrogens with zero attached hydrogens (tertiary/aromatic N) is 8. The Bertz CT molecular complexity index is 900. The molecule has 3 aromatic rings. The van der Waals surface area contributed by atoms with E-state index in [0.717, 1.165) is 43.1 Å². The molecule has 0 aliphatic carbocycles. The zero-order valence-corrected chi connectivity index (χ0v) is 13.0. The molecule has 0 aromatic carbocycles. The summed E-state index contributed by atoms with van der Waals surface area (Å²) in [5, 5.41) is 20.1. The van der Waals surface area contributed by atoms with Gasteiger partial charge in [-0.15, -0.1) is 15.3 Å². The topological polar surface area (TPSA) is 110 Å². The van der Waals surface area contributed by atoms with Gasteiger partial charge in [-0.2, -0.15) is 4.80 Å². The van der Waals surface area contributed by atoms with Crippen molar-refractivity contribution in [1.29, 1.82) is 0 Å². The lowest BCUT2D eigenvalue weighted by Crippen LogP contribution is -2.34. The van der Waals surface area contributed by atoms with Crippen molar-refractivity contribution in [3.63, 3.8) is 0 Å². The summed E-state index contributed by atoms with van der Waals surface area (Å²) in [7, 11) is 3.55. The van der Waals surface area contributed by atoms with Crippen molar-refractivity contribution in [2.24, 2.45) is 14.1 Å². The van der Waals surface area contributed by atoms with Crippen LogP contribution in [0.15, 0.2) is 10.9 Å². The molecule has 0 radical (unpaired) electrons. The fraction of sp³-hybridized carbons (Fsp3) is 0.538. The highest BCUT2D eigenvalue weighted by atomic mass is 16.1. The van der Waals surface area contributed by atoms with E-state index in [4.69, 9.17) is 0 Å². The van der Waals surface area contributed by atoms with E-state index in [9.17, 15) is 4.79 Å². The molecule has 0 saturated carbocycles. The van der Waals surface area contributed by atoms with Crippen LogP contribution in [0.2, 0.25) is 0 Å². The number of aromatic nitrogens is 8. The van der Waals surface area contributed by atoms with E-state index in [1.54, 1.807) is 18.8 Å². The van der Waals surface area contributed by atoms with Crippen LogP contribution in [-0.4, -0.2) is 53.3 Å². The molecule has 3 aromatic heterocycles. The minimum atomic E-state index is -0.205. The van der Waals surface area contributed by atoms with Gasteiger partial charge in [0.05, 0.1) is 12.6 Å². The number of tetrazole rings is 1. The third-order valence-electron chi connectivity index (χ3n) is 4.32. The third kappa shape index (κ3) is 2.35. The van der Waals surface area contributed by atoms with Crippen molar-refractivity contribution in [3.05, 3.63) is 22.2 Å². The maximum absolute atomic E-state index is 12.1. The van der Waals surface area contributed by atoms with Crippen LogP contribution in [0.3, 0.4) is 0 Å². The molecule has 4 rings (SSSR count). The number of fused-ring (bicyclic) bond motifs is 1.